The highest BCUT2D eigenvalue weighted by molar-refractivity contribution is 9.11. The van der Waals surface area contributed by atoms with Crippen molar-refractivity contribution >= 4 is 43.6 Å². The van der Waals surface area contributed by atoms with Gasteiger partial charge >= 0.3 is 0 Å². The molecule has 1 aliphatic heterocycles. The zero-order chi connectivity index (χ0) is 12.4. The summed E-state index contributed by atoms with van der Waals surface area (Å²) in [6, 6.07) is 5.42. The Kier molecular flexibility index (Phi) is 3.99. The summed E-state index contributed by atoms with van der Waals surface area (Å²) in [5.74, 6) is 0.0512. The molecule has 0 aromatic heterocycles. The number of rotatable bonds is 1. The fourth-order valence-electron chi connectivity index (χ4n) is 1.84. The zero-order valence-corrected chi connectivity index (χ0v) is 12.3. The van der Waals surface area contributed by atoms with E-state index in [9.17, 15) is 9.59 Å². The van der Waals surface area contributed by atoms with Gasteiger partial charge in [0.25, 0.3) is 5.91 Å². The molecule has 0 radical (unpaired) electrons. The molecule has 1 aromatic carbocycles. The van der Waals surface area contributed by atoms with Crippen molar-refractivity contribution in [2.24, 2.45) is 0 Å². The van der Waals surface area contributed by atoms with E-state index in [1.165, 1.54) is 0 Å². The monoisotopic (exact) mass is 359 g/mol. The zero-order valence-electron chi connectivity index (χ0n) is 9.08. The van der Waals surface area contributed by atoms with Crippen LogP contribution in [-0.2, 0) is 4.79 Å². The summed E-state index contributed by atoms with van der Waals surface area (Å²) in [5, 5.41) is 0. The van der Waals surface area contributed by atoms with Crippen molar-refractivity contribution < 1.29 is 9.59 Å². The van der Waals surface area contributed by atoms with Crippen molar-refractivity contribution in [1.29, 1.82) is 0 Å². The van der Waals surface area contributed by atoms with Gasteiger partial charge in [0.1, 0.15) is 0 Å². The van der Waals surface area contributed by atoms with Crippen molar-refractivity contribution in [2.75, 3.05) is 13.1 Å². The minimum Gasteiger partial charge on any atom is -0.331 e. The van der Waals surface area contributed by atoms with E-state index in [0.717, 1.165) is 15.4 Å². The van der Waals surface area contributed by atoms with Gasteiger partial charge in [0.2, 0.25) is 0 Å². The van der Waals surface area contributed by atoms with Gasteiger partial charge in [-0.2, -0.15) is 0 Å². The summed E-state index contributed by atoms with van der Waals surface area (Å²) >= 11 is 6.71. The molecule has 1 saturated heterocycles. The van der Waals surface area contributed by atoms with Gasteiger partial charge in [-0.3, -0.25) is 9.59 Å². The number of halogens is 2. The second-order valence-electron chi connectivity index (χ2n) is 3.99. The van der Waals surface area contributed by atoms with Crippen LogP contribution in [0.25, 0.3) is 0 Å². The normalized spacial score (nSPS) is 16.1. The molecule has 1 heterocycles. The van der Waals surface area contributed by atoms with E-state index in [-0.39, 0.29) is 18.2 Å². The SMILES string of the molecule is O=C1CCCN(C(=O)c2ccc(Br)cc2Br)C1. The van der Waals surface area contributed by atoms with Gasteiger partial charge in [-0.05, 0) is 40.5 Å². The smallest absolute Gasteiger partial charge is 0.255 e. The first-order valence-electron chi connectivity index (χ1n) is 5.34. The standard InChI is InChI=1S/C12H11Br2NO2/c13-8-3-4-10(11(14)6-8)12(17)15-5-1-2-9(16)7-15/h3-4,6H,1-2,5,7H2. The number of piperidine rings is 1. The summed E-state index contributed by atoms with van der Waals surface area (Å²) in [7, 11) is 0. The van der Waals surface area contributed by atoms with Crippen LogP contribution in [0.2, 0.25) is 0 Å². The number of carbonyl (C=O) groups excluding carboxylic acids is 2. The average molecular weight is 361 g/mol. The van der Waals surface area contributed by atoms with Gasteiger partial charge in [-0.1, -0.05) is 15.9 Å². The van der Waals surface area contributed by atoms with Crippen LogP contribution in [0.4, 0.5) is 0 Å². The topological polar surface area (TPSA) is 37.4 Å². The molecular weight excluding hydrogens is 350 g/mol. The highest BCUT2D eigenvalue weighted by atomic mass is 79.9. The molecule has 0 unspecified atom stereocenters. The lowest BCUT2D eigenvalue weighted by molar-refractivity contribution is -0.121. The molecule has 1 aliphatic rings. The van der Waals surface area contributed by atoms with Crippen molar-refractivity contribution in [2.45, 2.75) is 12.8 Å². The Balaban J connectivity index is 2.21. The van der Waals surface area contributed by atoms with Crippen LogP contribution in [0.15, 0.2) is 27.1 Å². The first-order valence-corrected chi connectivity index (χ1v) is 6.92. The molecule has 3 nitrogen and oxygen atoms in total. The van der Waals surface area contributed by atoms with Gasteiger partial charge in [-0.25, -0.2) is 0 Å². The van der Waals surface area contributed by atoms with E-state index < -0.39 is 0 Å². The van der Waals surface area contributed by atoms with Crippen LogP contribution in [0.1, 0.15) is 23.2 Å². The third-order valence-corrected chi connectivity index (χ3v) is 3.85. The van der Waals surface area contributed by atoms with Crippen molar-refractivity contribution in [3.63, 3.8) is 0 Å². The third-order valence-electron chi connectivity index (χ3n) is 2.70. The summed E-state index contributed by atoms with van der Waals surface area (Å²) in [6.45, 7) is 0.897. The van der Waals surface area contributed by atoms with Crippen LogP contribution < -0.4 is 0 Å². The van der Waals surface area contributed by atoms with E-state index in [1.54, 1.807) is 11.0 Å². The number of hydrogen-bond acceptors (Lipinski definition) is 2. The largest absolute Gasteiger partial charge is 0.331 e. The van der Waals surface area contributed by atoms with Crippen molar-refractivity contribution in [3.8, 4) is 0 Å². The number of nitrogens with zero attached hydrogens (tertiary/aromatic N) is 1. The van der Waals surface area contributed by atoms with Crippen molar-refractivity contribution in [3.05, 3.63) is 32.7 Å². The van der Waals surface area contributed by atoms with Gasteiger partial charge in [-0.15, -0.1) is 0 Å². The van der Waals surface area contributed by atoms with E-state index in [2.05, 4.69) is 31.9 Å². The predicted octanol–water partition coefficient (Wildman–Crippen LogP) is 3.02. The fourth-order valence-corrected chi connectivity index (χ4v) is 3.06. The van der Waals surface area contributed by atoms with Gasteiger partial charge in [0.05, 0.1) is 12.1 Å². The van der Waals surface area contributed by atoms with E-state index >= 15 is 0 Å². The average Bonchev–Trinajstić information content (AvgIpc) is 2.28. The number of Topliss-reactive ketones (excluding diaryl/α,β-unsaturated/α-hetero) is 1. The summed E-state index contributed by atoms with van der Waals surface area (Å²) in [5.41, 5.74) is 0.600. The molecular formula is C12H11Br2NO2. The first-order chi connectivity index (χ1) is 8.08. The Bertz CT molecular complexity index is 474. The molecule has 1 amide bonds. The molecule has 0 spiro atoms. The number of ketones is 1. The Labute approximate surface area is 116 Å². The molecule has 0 aliphatic carbocycles. The molecule has 0 saturated carbocycles. The van der Waals surface area contributed by atoms with Crippen LogP contribution in [0.5, 0.6) is 0 Å². The van der Waals surface area contributed by atoms with Gasteiger partial charge < -0.3 is 4.90 Å². The third kappa shape index (κ3) is 2.96. The molecule has 0 N–H and O–H groups in total. The maximum Gasteiger partial charge on any atom is 0.255 e. The quantitative estimate of drug-likeness (QED) is 0.771. The minimum atomic E-state index is -0.0857. The molecule has 1 fully saturated rings. The summed E-state index contributed by atoms with van der Waals surface area (Å²) < 4.78 is 1.66. The Morgan fingerprint density at radius 3 is 2.71 bits per heavy atom. The molecule has 90 valence electrons. The highest BCUT2D eigenvalue weighted by Gasteiger charge is 2.23. The summed E-state index contributed by atoms with van der Waals surface area (Å²) in [6.07, 6.45) is 1.35. The predicted molar refractivity (Wildman–Crippen MR) is 72.0 cm³/mol. The van der Waals surface area contributed by atoms with Crippen LogP contribution in [0, 0.1) is 0 Å². The Hall–Kier alpha value is -0.680. The number of amides is 1. The second-order valence-corrected chi connectivity index (χ2v) is 5.76. The van der Waals surface area contributed by atoms with E-state index in [4.69, 9.17) is 0 Å². The minimum absolute atomic E-state index is 0.0857. The van der Waals surface area contributed by atoms with Gasteiger partial charge in [0.15, 0.2) is 5.78 Å². The highest BCUT2D eigenvalue weighted by Crippen LogP contribution is 2.24. The second kappa shape index (κ2) is 5.31. The lowest BCUT2D eigenvalue weighted by atomic mass is 10.1. The van der Waals surface area contributed by atoms with Gasteiger partial charge in [0, 0.05) is 21.9 Å². The molecule has 5 heteroatoms. The van der Waals surface area contributed by atoms with Crippen molar-refractivity contribution in [1.82, 2.24) is 4.90 Å². The number of likely N-dealkylation sites (tertiary alicyclic amines) is 1. The molecule has 1 aromatic rings. The fraction of sp³-hybridized carbons (Fsp3) is 0.333. The maximum atomic E-state index is 12.2. The van der Waals surface area contributed by atoms with E-state index in [1.807, 2.05) is 12.1 Å². The molecule has 2 rings (SSSR count). The number of benzene rings is 1. The molecule has 0 atom stereocenters. The summed E-state index contributed by atoms with van der Waals surface area (Å²) in [4.78, 5) is 25.2. The molecule has 0 bridgehead atoms. The Morgan fingerprint density at radius 1 is 1.29 bits per heavy atom. The molecule has 17 heavy (non-hydrogen) atoms. The lowest BCUT2D eigenvalue weighted by Crippen LogP contribution is -2.40. The van der Waals surface area contributed by atoms with Crippen LogP contribution in [-0.4, -0.2) is 29.7 Å². The van der Waals surface area contributed by atoms with Crippen LogP contribution in [0.3, 0.4) is 0 Å². The first kappa shape index (κ1) is 12.8. The number of carbonyl (C=O) groups is 2. The Morgan fingerprint density at radius 2 is 2.06 bits per heavy atom. The maximum absolute atomic E-state index is 12.2. The number of hydrogen-bond donors (Lipinski definition) is 0. The van der Waals surface area contributed by atoms with E-state index in [0.29, 0.717) is 18.5 Å². The lowest BCUT2D eigenvalue weighted by Gasteiger charge is -2.26. The van der Waals surface area contributed by atoms with Crippen LogP contribution >= 0.6 is 31.9 Å².